The molecule has 4 N–H and O–H groups in total. The minimum Gasteiger partial charge on any atom is -0.508 e. The van der Waals surface area contributed by atoms with Crippen LogP contribution in [0, 0.1) is 6.92 Å². The van der Waals surface area contributed by atoms with E-state index in [-0.39, 0.29) is 11.3 Å². The Morgan fingerprint density at radius 3 is 2.64 bits per heavy atom. The van der Waals surface area contributed by atoms with Gasteiger partial charge in [-0.05, 0) is 24.6 Å². The summed E-state index contributed by atoms with van der Waals surface area (Å²) in [6.07, 6.45) is 0. The molecule has 0 aliphatic carbocycles. The van der Waals surface area contributed by atoms with Crippen molar-refractivity contribution in [1.29, 1.82) is 0 Å². The number of aryl methyl sites for hydroxylation is 1. The number of phenols is 1. The second kappa shape index (κ2) is 3.86. The second-order valence-corrected chi connectivity index (χ2v) is 3.38. The van der Waals surface area contributed by atoms with E-state index in [4.69, 9.17) is 22.4 Å². The summed E-state index contributed by atoms with van der Waals surface area (Å²) < 4.78 is 0. The van der Waals surface area contributed by atoms with Crippen LogP contribution in [0.5, 0.6) is 5.75 Å². The van der Waals surface area contributed by atoms with Crippen LogP contribution in [0.2, 0.25) is 5.02 Å². The predicted molar refractivity (Wildman–Crippen MR) is 52.4 cm³/mol. The van der Waals surface area contributed by atoms with Crippen LogP contribution in [-0.4, -0.2) is 16.2 Å². The van der Waals surface area contributed by atoms with E-state index >= 15 is 0 Å². The highest BCUT2D eigenvalue weighted by Gasteiger charge is 2.18. The number of benzene rings is 1. The first-order valence-electron chi connectivity index (χ1n) is 3.91. The normalized spacial score (nSPS) is 12.5. The van der Waals surface area contributed by atoms with Crippen LogP contribution in [0.4, 0.5) is 0 Å². The quantitative estimate of drug-likeness (QED) is 0.697. The van der Waals surface area contributed by atoms with Crippen molar-refractivity contribution in [3.05, 3.63) is 28.3 Å². The van der Waals surface area contributed by atoms with Gasteiger partial charge in [-0.2, -0.15) is 0 Å². The third-order valence-electron chi connectivity index (χ3n) is 1.91. The molecule has 1 atom stereocenters. The zero-order chi connectivity index (χ0) is 10.9. The zero-order valence-electron chi connectivity index (χ0n) is 7.49. The maximum atomic E-state index is 10.6. The predicted octanol–water partition coefficient (Wildman–Crippen LogP) is 1.44. The number of halogens is 1. The molecular weight excluding hydrogens is 206 g/mol. The Balaban J connectivity index is 3.22. The molecule has 5 heteroatoms. The van der Waals surface area contributed by atoms with Crippen LogP contribution in [0.15, 0.2) is 12.1 Å². The van der Waals surface area contributed by atoms with Crippen molar-refractivity contribution in [3.8, 4) is 5.75 Å². The van der Waals surface area contributed by atoms with Crippen LogP contribution in [0.25, 0.3) is 0 Å². The molecule has 14 heavy (non-hydrogen) atoms. The lowest BCUT2D eigenvalue weighted by Crippen LogP contribution is -2.20. The smallest absolute Gasteiger partial charge is 0.325 e. The molecule has 0 spiro atoms. The van der Waals surface area contributed by atoms with Gasteiger partial charge in [0.25, 0.3) is 0 Å². The molecule has 0 bridgehead atoms. The monoisotopic (exact) mass is 215 g/mol. The lowest BCUT2D eigenvalue weighted by Gasteiger charge is -2.10. The Bertz CT molecular complexity index is 379. The molecule has 0 aromatic heterocycles. The minimum atomic E-state index is -1.23. The van der Waals surface area contributed by atoms with Gasteiger partial charge >= 0.3 is 5.97 Å². The van der Waals surface area contributed by atoms with Crippen molar-refractivity contribution in [2.24, 2.45) is 5.73 Å². The van der Waals surface area contributed by atoms with E-state index in [1.807, 2.05) is 0 Å². The van der Waals surface area contributed by atoms with E-state index in [1.54, 1.807) is 6.92 Å². The van der Waals surface area contributed by atoms with Crippen LogP contribution < -0.4 is 5.73 Å². The van der Waals surface area contributed by atoms with Crippen LogP contribution >= 0.6 is 11.6 Å². The van der Waals surface area contributed by atoms with Crippen molar-refractivity contribution in [3.63, 3.8) is 0 Å². The summed E-state index contributed by atoms with van der Waals surface area (Å²) in [4.78, 5) is 10.6. The molecular formula is C9H10ClNO3. The standard InChI is InChI=1S/C9H10ClNO3/c1-4-2-5(8(11)9(13)14)7(12)3-6(4)10/h2-3,8,12H,11H2,1H3,(H,13,14)/t8-/m1/s1. The topological polar surface area (TPSA) is 83.6 Å². The molecule has 0 saturated carbocycles. The molecule has 0 fully saturated rings. The molecule has 4 nitrogen and oxygen atoms in total. The molecule has 0 unspecified atom stereocenters. The number of carboxylic acid groups (broad SMARTS) is 1. The maximum absolute atomic E-state index is 10.6. The number of hydrogen-bond acceptors (Lipinski definition) is 3. The first-order chi connectivity index (χ1) is 6.43. The summed E-state index contributed by atoms with van der Waals surface area (Å²) in [5.41, 5.74) is 6.20. The Hall–Kier alpha value is -1.26. The fraction of sp³-hybridized carbons (Fsp3) is 0.222. The van der Waals surface area contributed by atoms with Gasteiger partial charge in [-0.25, -0.2) is 0 Å². The lowest BCUT2D eigenvalue weighted by atomic mass is 10.0. The van der Waals surface area contributed by atoms with E-state index in [2.05, 4.69) is 0 Å². The SMILES string of the molecule is Cc1cc([C@@H](N)C(=O)O)c(O)cc1Cl. The van der Waals surface area contributed by atoms with Gasteiger partial charge in [0.15, 0.2) is 0 Å². The molecule has 0 aliphatic rings. The average Bonchev–Trinajstić information content (AvgIpc) is 2.10. The molecule has 0 heterocycles. The number of rotatable bonds is 2. The minimum absolute atomic E-state index is 0.166. The second-order valence-electron chi connectivity index (χ2n) is 2.98. The Morgan fingerprint density at radius 2 is 2.14 bits per heavy atom. The van der Waals surface area contributed by atoms with E-state index in [0.29, 0.717) is 10.6 Å². The van der Waals surface area contributed by atoms with Crippen molar-refractivity contribution < 1.29 is 15.0 Å². The largest absolute Gasteiger partial charge is 0.508 e. The summed E-state index contributed by atoms with van der Waals surface area (Å²) in [6, 6.07) is 1.52. The van der Waals surface area contributed by atoms with Crippen molar-refractivity contribution in [2.45, 2.75) is 13.0 Å². The van der Waals surface area contributed by atoms with E-state index in [0.717, 1.165) is 0 Å². The first kappa shape index (κ1) is 10.8. The molecule has 0 aliphatic heterocycles. The van der Waals surface area contributed by atoms with Gasteiger partial charge in [-0.15, -0.1) is 0 Å². The maximum Gasteiger partial charge on any atom is 0.325 e. The van der Waals surface area contributed by atoms with Crippen molar-refractivity contribution in [1.82, 2.24) is 0 Å². The fourth-order valence-electron chi connectivity index (χ4n) is 1.08. The van der Waals surface area contributed by atoms with Crippen LogP contribution in [-0.2, 0) is 4.79 Å². The third-order valence-corrected chi connectivity index (χ3v) is 2.32. The molecule has 1 aromatic carbocycles. The van der Waals surface area contributed by atoms with E-state index < -0.39 is 12.0 Å². The molecule has 0 amide bonds. The summed E-state index contributed by atoms with van der Waals surface area (Å²) in [5, 5.41) is 18.4. The van der Waals surface area contributed by atoms with Gasteiger partial charge in [0.1, 0.15) is 11.8 Å². The Kier molecular flexibility index (Phi) is 2.98. The average molecular weight is 216 g/mol. The van der Waals surface area contributed by atoms with Crippen LogP contribution in [0.1, 0.15) is 17.2 Å². The molecule has 1 rings (SSSR count). The van der Waals surface area contributed by atoms with Gasteiger partial charge in [0.05, 0.1) is 0 Å². The number of aliphatic carboxylic acids is 1. The van der Waals surface area contributed by atoms with Crippen molar-refractivity contribution in [2.75, 3.05) is 0 Å². The number of carbonyl (C=O) groups is 1. The van der Waals surface area contributed by atoms with E-state index in [9.17, 15) is 9.90 Å². The van der Waals surface area contributed by atoms with Gasteiger partial charge in [0, 0.05) is 10.6 Å². The summed E-state index contributed by atoms with van der Waals surface area (Å²) >= 11 is 5.72. The fourth-order valence-corrected chi connectivity index (χ4v) is 1.23. The number of nitrogens with two attached hydrogens (primary N) is 1. The number of phenolic OH excluding ortho intramolecular Hbond substituents is 1. The number of carboxylic acids is 1. The van der Waals surface area contributed by atoms with E-state index in [1.165, 1.54) is 12.1 Å². The van der Waals surface area contributed by atoms with Gasteiger partial charge < -0.3 is 15.9 Å². The highest BCUT2D eigenvalue weighted by atomic mass is 35.5. The zero-order valence-corrected chi connectivity index (χ0v) is 8.25. The highest BCUT2D eigenvalue weighted by molar-refractivity contribution is 6.31. The third kappa shape index (κ3) is 1.97. The molecule has 0 radical (unpaired) electrons. The first-order valence-corrected chi connectivity index (χ1v) is 4.28. The summed E-state index contributed by atoms with van der Waals surface area (Å²) in [7, 11) is 0. The highest BCUT2D eigenvalue weighted by Crippen LogP contribution is 2.29. The summed E-state index contributed by atoms with van der Waals surface area (Å²) in [5.74, 6) is -1.39. The Morgan fingerprint density at radius 1 is 1.57 bits per heavy atom. The molecule has 76 valence electrons. The number of aromatic hydroxyl groups is 1. The summed E-state index contributed by atoms with van der Waals surface area (Å²) in [6.45, 7) is 1.71. The number of hydrogen-bond donors (Lipinski definition) is 3. The van der Waals surface area contributed by atoms with Crippen molar-refractivity contribution >= 4 is 17.6 Å². The van der Waals surface area contributed by atoms with Gasteiger partial charge in [-0.1, -0.05) is 11.6 Å². The Labute approximate surface area is 85.9 Å². The van der Waals surface area contributed by atoms with Gasteiger partial charge in [0.2, 0.25) is 0 Å². The molecule has 0 saturated heterocycles. The molecule has 1 aromatic rings. The van der Waals surface area contributed by atoms with Crippen LogP contribution in [0.3, 0.4) is 0 Å². The lowest BCUT2D eigenvalue weighted by molar-refractivity contribution is -0.138. The van der Waals surface area contributed by atoms with Gasteiger partial charge in [-0.3, -0.25) is 4.79 Å².